The van der Waals surface area contributed by atoms with Crippen molar-refractivity contribution in [1.82, 2.24) is 10.4 Å². The Morgan fingerprint density at radius 3 is 2.44 bits per heavy atom. The first-order valence-electron chi connectivity index (χ1n) is 5.89. The first-order chi connectivity index (χ1) is 7.65. The van der Waals surface area contributed by atoms with Crippen LogP contribution in [-0.2, 0) is 9.63 Å². The normalized spacial score (nSPS) is 13.0. The van der Waals surface area contributed by atoms with Crippen LogP contribution in [0, 0.1) is 0 Å². The Labute approximate surface area is 97.7 Å². The van der Waals surface area contributed by atoms with Crippen molar-refractivity contribution < 1.29 is 14.7 Å². The largest absolute Gasteiger partial charge is 0.480 e. The predicted molar refractivity (Wildman–Crippen MR) is 63.2 cm³/mol. The minimum atomic E-state index is -0.857. The smallest absolute Gasteiger partial charge is 0.323 e. The van der Waals surface area contributed by atoms with E-state index in [2.05, 4.69) is 29.1 Å². The molecule has 2 N–H and O–H groups in total. The van der Waals surface area contributed by atoms with Crippen LogP contribution in [0.15, 0.2) is 0 Å². The van der Waals surface area contributed by atoms with Gasteiger partial charge in [-0.3, -0.25) is 4.79 Å². The van der Waals surface area contributed by atoms with Gasteiger partial charge in [0, 0.05) is 0 Å². The SMILES string of the molecule is CCN(CC)CCCC[C@H](NOC)C(=O)O. The van der Waals surface area contributed by atoms with Crippen molar-refractivity contribution in [2.45, 2.75) is 39.2 Å². The van der Waals surface area contributed by atoms with Gasteiger partial charge in [0.15, 0.2) is 0 Å². The summed E-state index contributed by atoms with van der Waals surface area (Å²) < 4.78 is 0. The Morgan fingerprint density at radius 1 is 1.38 bits per heavy atom. The van der Waals surface area contributed by atoms with Crippen molar-refractivity contribution in [1.29, 1.82) is 0 Å². The van der Waals surface area contributed by atoms with Gasteiger partial charge in [0.25, 0.3) is 0 Å². The first-order valence-corrected chi connectivity index (χ1v) is 5.89. The predicted octanol–water partition coefficient (Wildman–Crippen LogP) is 1.10. The van der Waals surface area contributed by atoms with Crippen LogP contribution in [0.5, 0.6) is 0 Å². The van der Waals surface area contributed by atoms with Crippen LogP contribution in [0.4, 0.5) is 0 Å². The van der Waals surface area contributed by atoms with E-state index in [1.165, 1.54) is 7.11 Å². The zero-order chi connectivity index (χ0) is 12.4. The maximum Gasteiger partial charge on any atom is 0.323 e. The summed E-state index contributed by atoms with van der Waals surface area (Å²) in [5.41, 5.74) is 2.49. The fourth-order valence-electron chi connectivity index (χ4n) is 1.60. The lowest BCUT2D eigenvalue weighted by Gasteiger charge is -2.18. The quantitative estimate of drug-likeness (QED) is 0.436. The Bertz CT molecular complexity index is 184. The molecule has 0 aliphatic rings. The summed E-state index contributed by atoms with van der Waals surface area (Å²) in [7, 11) is 1.44. The van der Waals surface area contributed by atoms with Gasteiger partial charge < -0.3 is 14.8 Å². The molecular weight excluding hydrogens is 208 g/mol. The third-order valence-electron chi connectivity index (χ3n) is 2.67. The van der Waals surface area contributed by atoms with Crippen LogP contribution in [0.2, 0.25) is 0 Å². The van der Waals surface area contributed by atoms with E-state index in [1.54, 1.807) is 0 Å². The molecule has 0 heterocycles. The number of nitrogens with zero attached hydrogens (tertiary/aromatic N) is 1. The van der Waals surface area contributed by atoms with Gasteiger partial charge in [0.2, 0.25) is 0 Å². The van der Waals surface area contributed by atoms with E-state index in [1.807, 2.05) is 0 Å². The molecule has 0 saturated carbocycles. The highest BCUT2D eigenvalue weighted by Gasteiger charge is 2.15. The zero-order valence-electron chi connectivity index (χ0n) is 10.5. The summed E-state index contributed by atoms with van der Waals surface area (Å²) in [6.07, 6.45) is 2.52. The van der Waals surface area contributed by atoms with Gasteiger partial charge in [-0.05, 0) is 38.9 Å². The van der Waals surface area contributed by atoms with Crippen LogP contribution in [0.25, 0.3) is 0 Å². The second-order valence-corrected chi connectivity index (χ2v) is 3.74. The number of hydrogen-bond acceptors (Lipinski definition) is 4. The Hall–Kier alpha value is -0.650. The minimum absolute atomic E-state index is 0.596. The standard InChI is InChI=1S/C11H24N2O3/c1-4-13(5-2)9-7-6-8-10(11(14)15)12-16-3/h10,12H,4-9H2,1-3H3,(H,14,15)/t10-/m0/s1. The van der Waals surface area contributed by atoms with Crippen molar-refractivity contribution in [2.24, 2.45) is 0 Å². The van der Waals surface area contributed by atoms with Crippen LogP contribution < -0.4 is 5.48 Å². The molecular formula is C11H24N2O3. The number of rotatable bonds is 10. The summed E-state index contributed by atoms with van der Waals surface area (Å²) in [5, 5.41) is 8.85. The fourth-order valence-corrected chi connectivity index (χ4v) is 1.60. The number of carbonyl (C=O) groups is 1. The van der Waals surface area contributed by atoms with Gasteiger partial charge >= 0.3 is 5.97 Å². The van der Waals surface area contributed by atoms with Crippen LogP contribution in [0.1, 0.15) is 33.1 Å². The molecule has 0 fully saturated rings. The van der Waals surface area contributed by atoms with Crippen molar-refractivity contribution in [3.63, 3.8) is 0 Å². The Morgan fingerprint density at radius 2 is 2.00 bits per heavy atom. The van der Waals surface area contributed by atoms with Gasteiger partial charge in [0.1, 0.15) is 6.04 Å². The first kappa shape index (κ1) is 15.3. The molecule has 0 amide bonds. The van der Waals surface area contributed by atoms with Crippen molar-refractivity contribution in [3.8, 4) is 0 Å². The molecule has 5 nitrogen and oxygen atoms in total. The maximum atomic E-state index is 10.8. The summed E-state index contributed by atoms with van der Waals surface area (Å²) in [4.78, 5) is 17.8. The molecule has 0 aliphatic carbocycles. The van der Waals surface area contributed by atoms with E-state index < -0.39 is 12.0 Å². The van der Waals surface area contributed by atoms with E-state index >= 15 is 0 Å². The van der Waals surface area contributed by atoms with Crippen LogP contribution in [-0.4, -0.2) is 48.8 Å². The third kappa shape index (κ3) is 6.76. The molecule has 96 valence electrons. The lowest BCUT2D eigenvalue weighted by Crippen LogP contribution is -2.36. The Kier molecular flexibility index (Phi) is 9.18. The number of hydrogen-bond donors (Lipinski definition) is 2. The highest BCUT2D eigenvalue weighted by Crippen LogP contribution is 2.03. The van der Waals surface area contributed by atoms with Crippen molar-refractivity contribution in [2.75, 3.05) is 26.7 Å². The monoisotopic (exact) mass is 232 g/mol. The lowest BCUT2D eigenvalue weighted by molar-refractivity contribution is -0.143. The van der Waals surface area contributed by atoms with E-state index in [0.29, 0.717) is 6.42 Å². The number of hydroxylamine groups is 1. The van der Waals surface area contributed by atoms with Crippen LogP contribution >= 0.6 is 0 Å². The number of carboxylic acid groups (broad SMARTS) is 1. The van der Waals surface area contributed by atoms with E-state index in [9.17, 15) is 4.79 Å². The summed E-state index contributed by atoms with van der Waals surface area (Å²) in [6.45, 7) is 7.41. The Balaban J connectivity index is 3.65. The van der Waals surface area contributed by atoms with E-state index in [0.717, 1.165) is 32.5 Å². The molecule has 1 atom stereocenters. The second-order valence-electron chi connectivity index (χ2n) is 3.74. The third-order valence-corrected chi connectivity index (χ3v) is 2.67. The molecule has 0 unspecified atom stereocenters. The molecule has 5 heteroatoms. The van der Waals surface area contributed by atoms with E-state index in [4.69, 9.17) is 5.11 Å². The topological polar surface area (TPSA) is 61.8 Å². The minimum Gasteiger partial charge on any atom is -0.480 e. The number of unbranched alkanes of at least 4 members (excludes halogenated alkanes) is 1. The molecule has 16 heavy (non-hydrogen) atoms. The highest BCUT2D eigenvalue weighted by molar-refractivity contribution is 5.73. The zero-order valence-corrected chi connectivity index (χ0v) is 10.5. The van der Waals surface area contributed by atoms with Gasteiger partial charge in [-0.1, -0.05) is 13.8 Å². The number of carboxylic acids is 1. The number of aliphatic carboxylic acids is 1. The molecule has 0 saturated heterocycles. The summed E-state index contributed by atoms with van der Waals surface area (Å²) in [6, 6.07) is -0.596. The van der Waals surface area contributed by atoms with Gasteiger partial charge in [-0.15, -0.1) is 0 Å². The average molecular weight is 232 g/mol. The molecule has 0 aliphatic heterocycles. The highest BCUT2D eigenvalue weighted by atomic mass is 16.6. The second kappa shape index (κ2) is 9.57. The molecule has 0 aromatic heterocycles. The van der Waals surface area contributed by atoms with Crippen molar-refractivity contribution >= 4 is 5.97 Å². The van der Waals surface area contributed by atoms with Gasteiger partial charge in [-0.2, -0.15) is 5.48 Å². The average Bonchev–Trinajstić information content (AvgIpc) is 2.27. The summed E-state index contributed by atoms with van der Waals surface area (Å²) in [5.74, 6) is -0.857. The molecule has 0 aromatic carbocycles. The fraction of sp³-hybridized carbons (Fsp3) is 0.909. The van der Waals surface area contributed by atoms with Crippen molar-refractivity contribution in [3.05, 3.63) is 0 Å². The molecule has 0 bridgehead atoms. The lowest BCUT2D eigenvalue weighted by atomic mass is 10.1. The van der Waals surface area contributed by atoms with Gasteiger partial charge in [0.05, 0.1) is 7.11 Å². The van der Waals surface area contributed by atoms with Gasteiger partial charge in [-0.25, -0.2) is 0 Å². The maximum absolute atomic E-state index is 10.8. The van der Waals surface area contributed by atoms with E-state index in [-0.39, 0.29) is 0 Å². The van der Waals surface area contributed by atoms with Crippen LogP contribution in [0.3, 0.4) is 0 Å². The molecule has 0 aromatic rings. The molecule has 0 rings (SSSR count). The number of nitrogens with one attached hydrogen (secondary N) is 1. The molecule has 0 radical (unpaired) electrons. The molecule has 0 spiro atoms. The summed E-state index contributed by atoms with van der Waals surface area (Å²) >= 11 is 0.